The molecule has 112 valence electrons. The molecule has 20 heavy (non-hydrogen) atoms. The molecule has 8 nitrogen and oxygen atoms in total. The topological polar surface area (TPSA) is 117 Å². The van der Waals surface area contributed by atoms with Crippen molar-refractivity contribution in [2.24, 2.45) is 10.9 Å². The molecule has 0 atom stereocenters. The number of nitrogens with zero attached hydrogens (tertiary/aromatic N) is 4. The van der Waals surface area contributed by atoms with Crippen LogP contribution in [0, 0.1) is 0 Å². The van der Waals surface area contributed by atoms with E-state index in [9.17, 15) is 4.79 Å². The second-order valence-electron chi connectivity index (χ2n) is 4.74. The quantitative estimate of drug-likeness (QED) is 0.295. The molecule has 1 rings (SSSR count). The number of carboxylic acids is 1. The number of aliphatic carboxylic acids is 1. The van der Waals surface area contributed by atoms with Crippen LogP contribution in [0.4, 0.5) is 0 Å². The minimum absolute atomic E-state index is 0.0353. The average molecular weight is 283 g/mol. The van der Waals surface area contributed by atoms with Crippen molar-refractivity contribution in [3.8, 4) is 0 Å². The van der Waals surface area contributed by atoms with E-state index < -0.39 is 5.97 Å². The third kappa shape index (κ3) is 4.45. The maximum atomic E-state index is 10.5. The van der Waals surface area contributed by atoms with Crippen molar-refractivity contribution < 1.29 is 15.1 Å². The van der Waals surface area contributed by atoms with Gasteiger partial charge in [0.1, 0.15) is 0 Å². The highest BCUT2D eigenvalue weighted by Gasteiger charge is 2.14. The van der Waals surface area contributed by atoms with Crippen LogP contribution in [0.1, 0.15) is 38.4 Å². The molecule has 8 heteroatoms. The molecule has 0 aromatic carbocycles. The molecule has 0 spiro atoms. The Morgan fingerprint density at radius 3 is 2.85 bits per heavy atom. The molecule has 0 aliphatic heterocycles. The summed E-state index contributed by atoms with van der Waals surface area (Å²) < 4.78 is 1.84. The van der Waals surface area contributed by atoms with E-state index in [0.29, 0.717) is 19.5 Å². The summed E-state index contributed by atoms with van der Waals surface area (Å²) >= 11 is 0. The molecule has 0 unspecified atom stereocenters. The first kappa shape index (κ1) is 15.8. The molecule has 1 aromatic rings. The molecule has 0 aliphatic rings. The summed E-state index contributed by atoms with van der Waals surface area (Å²) in [6, 6.07) is 2.06. The van der Waals surface area contributed by atoms with Gasteiger partial charge >= 0.3 is 5.97 Å². The number of rotatable bonds is 7. The number of guanidine groups is 1. The number of hydrogen-bond donors (Lipinski definition) is 3. The summed E-state index contributed by atoms with van der Waals surface area (Å²) in [6.07, 6.45) is 2.15. The first-order chi connectivity index (χ1) is 9.45. The first-order valence-corrected chi connectivity index (χ1v) is 6.42. The molecule has 4 N–H and O–H groups in total. The molecule has 1 heterocycles. The van der Waals surface area contributed by atoms with E-state index in [0.717, 1.165) is 5.69 Å². The number of carboxylic acid groups (broad SMARTS) is 1. The first-order valence-electron chi connectivity index (χ1n) is 6.42. The zero-order chi connectivity index (χ0) is 15.1. The van der Waals surface area contributed by atoms with Crippen molar-refractivity contribution in [3.63, 3.8) is 0 Å². The lowest BCUT2D eigenvalue weighted by Gasteiger charge is -2.23. The lowest BCUT2D eigenvalue weighted by Crippen LogP contribution is -2.38. The van der Waals surface area contributed by atoms with E-state index in [-0.39, 0.29) is 18.4 Å². The summed E-state index contributed by atoms with van der Waals surface area (Å²) in [7, 11) is 0. The molecule has 0 amide bonds. The van der Waals surface area contributed by atoms with Crippen LogP contribution in [0.2, 0.25) is 0 Å². The minimum atomic E-state index is -0.864. The van der Waals surface area contributed by atoms with Crippen LogP contribution in [0.25, 0.3) is 0 Å². The molecule has 0 bridgehead atoms. The Morgan fingerprint density at radius 2 is 2.30 bits per heavy atom. The lowest BCUT2D eigenvalue weighted by molar-refractivity contribution is -0.137. The van der Waals surface area contributed by atoms with Gasteiger partial charge in [0, 0.05) is 25.2 Å². The Labute approximate surface area is 117 Å². The zero-order valence-corrected chi connectivity index (χ0v) is 11.7. The Kier molecular flexibility index (Phi) is 5.82. The van der Waals surface area contributed by atoms with Gasteiger partial charge in [-0.25, -0.2) is 0 Å². The molecule has 0 radical (unpaired) electrons. The number of carbonyl (C=O) groups is 1. The number of nitrogens with two attached hydrogens (primary N) is 1. The Bertz CT molecular complexity index is 469. The van der Waals surface area contributed by atoms with Gasteiger partial charge in [0.2, 0.25) is 5.96 Å². The molecule has 0 aliphatic carbocycles. The van der Waals surface area contributed by atoms with Crippen LogP contribution < -0.4 is 5.73 Å². The Morgan fingerprint density at radius 1 is 1.60 bits per heavy atom. The summed E-state index contributed by atoms with van der Waals surface area (Å²) in [5.41, 5.74) is 6.54. The van der Waals surface area contributed by atoms with Crippen LogP contribution in [0.5, 0.6) is 0 Å². The maximum absolute atomic E-state index is 10.5. The van der Waals surface area contributed by atoms with Gasteiger partial charge in [0.25, 0.3) is 0 Å². The van der Waals surface area contributed by atoms with Crippen molar-refractivity contribution in [3.05, 3.63) is 18.0 Å². The van der Waals surface area contributed by atoms with Gasteiger partial charge in [-0.15, -0.1) is 0 Å². The van der Waals surface area contributed by atoms with Gasteiger partial charge in [0.15, 0.2) is 0 Å². The molecular weight excluding hydrogens is 262 g/mol. The summed E-state index contributed by atoms with van der Waals surface area (Å²) in [6.45, 7) is 4.82. The highest BCUT2D eigenvalue weighted by atomic mass is 16.4. The monoisotopic (exact) mass is 283 g/mol. The predicted molar refractivity (Wildman–Crippen MR) is 73.3 cm³/mol. The van der Waals surface area contributed by atoms with E-state index in [1.807, 2.05) is 24.6 Å². The zero-order valence-electron chi connectivity index (χ0n) is 11.7. The SMILES string of the molecule is CC(C)n1nccc1CN(CCCC(=O)O)/C(N)=N/O. The summed E-state index contributed by atoms with van der Waals surface area (Å²) in [5.74, 6) is -0.899. The smallest absolute Gasteiger partial charge is 0.303 e. The van der Waals surface area contributed by atoms with Crippen LogP contribution in [0.15, 0.2) is 17.4 Å². The second kappa shape index (κ2) is 7.37. The predicted octanol–water partition coefficient (Wildman–Crippen LogP) is 0.835. The van der Waals surface area contributed by atoms with Crippen molar-refractivity contribution in [2.75, 3.05) is 6.54 Å². The fourth-order valence-corrected chi connectivity index (χ4v) is 1.89. The lowest BCUT2D eigenvalue weighted by atomic mass is 10.2. The van der Waals surface area contributed by atoms with Crippen LogP contribution >= 0.6 is 0 Å². The van der Waals surface area contributed by atoms with Gasteiger partial charge in [-0.3, -0.25) is 9.48 Å². The van der Waals surface area contributed by atoms with Crippen molar-refractivity contribution in [1.82, 2.24) is 14.7 Å². The van der Waals surface area contributed by atoms with E-state index in [1.54, 1.807) is 11.1 Å². The minimum Gasteiger partial charge on any atom is -0.481 e. The van der Waals surface area contributed by atoms with Crippen LogP contribution in [-0.4, -0.2) is 43.5 Å². The number of aromatic nitrogens is 2. The third-order valence-electron chi connectivity index (χ3n) is 2.84. The maximum Gasteiger partial charge on any atom is 0.303 e. The Hall–Kier alpha value is -2.25. The van der Waals surface area contributed by atoms with Crippen LogP contribution in [-0.2, 0) is 11.3 Å². The molecule has 0 saturated heterocycles. The summed E-state index contributed by atoms with van der Waals surface area (Å²) in [5, 5.41) is 24.7. The van der Waals surface area contributed by atoms with Gasteiger partial charge in [0.05, 0.1) is 12.2 Å². The van der Waals surface area contributed by atoms with E-state index >= 15 is 0 Å². The Balaban J connectivity index is 2.74. The number of oxime groups is 1. The normalized spacial score (nSPS) is 11.8. The summed E-state index contributed by atoms with van der Waals surface area (Å²) in [4.78, 5) is 12.2. The highest BCUT2D eigenvalue weighted by molar-refractivity contribution is 5.77. The van der Waals surface area contributed by atoms with Gasteiger partial charge in [-0.2, -0.15) is 5.10 Å². The highest BCUT2D eigenvalue weighted by Crippen LogP contribution is 2.11. The standard InChI is InChI=1S/C12H21N5O3/c1-9(2)17-10(5-6-14-17)8-16(12(13)15-20)7-3-4-11(18)19/h5-6,9,20H,3-4,7-8H2,1-2H3,(H2,13,15)(H,18,19). The second-order valence-corrected chi connectivity index (χ2v) is 4.74. The van der Waals surface area contributed by atoms with Crippen molar-refractivity contribution in [2.45, 2.75) is 39.3 Å². The molecule has 1 aromatic heterocycles. The molecule has 0 saturated carbocycles. The van der Waals surface area contributed by atoms with Gasteiger partial charge in [-0.1, -0.05) is 5.16 Å². The fourth-order valence-electron chi connectivity index (χ4n) is 1.89. The average Bonchev–Trinajstić information content (AvgIpc) is 2.84. The van der Waals surface area contributed by atoms with Crippen molar-refractivity contribution >= 4 is 11.9 Å². The van der Waals surface area contributed by atoms with E-state index in [4.69, 9.17) is 16.0 Å². The van der Waals surface area contributed by atoms with E-state index in [1.165, 1.54) is 0 Å². The van der Waals surface area contributed by atoms with Crippen molar-refractivity contribution in [1.29, 1.82) is 0 Å². The molecule has 0 fully saturated rings. The van der Waals surface area contributed by atoms with E-state index in [2.05, 4.69) is 10.3 Å². The molecular formula is C12H21N5O3. The fraction of sp³-hybridized carbons (Fsp3) is 0.583. The number of hydrogen-bond acceptors (Lipinski definition) is 4. The third-order valence-corrected chi connectivity index (χ3v) is 2.84. The van der Waals surface area contributed by atoms with Gasteiger partial charge < -0.3 is 20.9 Å². The van der Waals surface area contributed by atoms with Crippen LogP contribution in [0.3, 0.4) is 0 Å². The largest absolute Gasteiger partial charge is 0.481 e. The van der Waals surface area contributed by atoms with Gasteiger partial charge in [-0.05, 0) is 26.3 Å².